The van der Waals surface area contributed by atoms with Crippen LogP contribution >= 0.6 is 0 Å². The van der Waals surface area contributed by atoms with E-state index in [-0.39, 0.29) is 0 Å². The number of fused-ring (bicyclic) bond motifs is 8. The maximum Gasteiger partial charge on any atom is 0.0714 e. The number of hydrogen-bond donors (Lipinski definition) is 0. The Bertz CT molecular complexity index is 5530. The summed E-state index contributed by atoms with van der Waals surface area (Å²) in [6, 6.07) is 136. The highest BCUT2D eigenvalue weighted by Gasteiger charge is 2.48. The zero-order chi connectivity index (χ0) is 68.5. The van der Waals surface area contributed by atoms with E-state index in [1.54, 1.807) is 0 Å². The third-order valence-electron chi connectivity index (χ3n) is 21.7. The Labute approximate surface area is 598 Å². The van der Waals surface area contributed by atoms with E-state index in [9.17, 15) is 0 Å². The van der Waals surface area contributed by atoms with Gasteiger partial charge in [-0.15, -0.1) is 0 Å². The Morgan fingerprint density at radius 2 is 0.529 bits per heavy atom. The minimum atomic E-state index is -0.630. The van der Waals surface area contributed by atoms with Crippen LogP contribution in [-0.2, 0) is 10.8 Å². The van der Waals surface area contributed by atoms with Gasteiger partial charge in [-0.1, -0.05) is 340 Å². The molecule has 0 aromatic heterocycles. The second-order valence-corrected chi connectivity index (χ2v) is 27.3. The van der Waals surface area contributed by atoms with Gasteiger partial charge >= 0.3 is 0 Å². The third kappa shape index (κ3) is 9.93. The van der Waals surface area contributed by atoms with Gasteiger partial charge in [0.1, 0.15) is 0 Å². The highest BCUT2D eigenvalue weighted by Crippen LogP contribution is 2.60. The van der Waals surface area contributed by atoms with Gasteiger partial charge in [-0.05, 0) is 197 Å². The van der Waals surface area contributed by atoms with Gasteiger partial charge in [0, 0.05) is 33.5 Å². The van der Waals surface area contributed by atoms with Crippen LogP contribution in [0.4, 0.5) is 34.1 Å². The highest BCUT2D eigenvalue weighted by molar-refractivity contribution is 6.13. The zero-order valence-corrected chi connectivity index (χ0v) is 57.1. The predicted octanol–water partition coefficient (Wildman–Crippen LogP) is 26.6. The lowest BCUT2D eigenvalue weighted by Crippen LogP contribution is -2.29. The summed E-state index contributed by atoms with van der Waals surface area (Å²) in [5, 5.41) is 4.59. The molecule has 0 fully saturated rings. The van der Waals surface area contributed by atoms with Crippen LogP contribution in [0.5, 0.6) is 0 Å². The summed E-state index contributed by atoms with van der Waals surface area (Å²) in [6.07, 6.45) is 3.87. The first-order chi connectivity index (χ1) is 50.3. The number of aryl methyl sites for hydroxylation is 2. The molecule has 0 bridgehead atoms. The quantitative estimate of drug-likeness (QED) is 0.101. The molecule has 0 amide bonds. The molecule has 0 aliphatic heterocycles. The van der Waals surface area contributed by atoms with Crippen molar-refractivity contribution in [3.63, 3.8) is 0 Å². The van der Waals surface area contributed by atoms with Crippen LogP contribution in [0.15, 0.2) is 377 Å². The van der Waals surface area contributed by atoms with Gasteiger partial charge in [-0.2, -0.15) is 0 Å². The van der Waals surface area contributed by atoms with Gasteiger partial charge in [0.05, 0.1) is 22.2 Å². The molecule has 0 spiro atoms. The van der Waals surface area contributed by atoms with Gasteiger partial charge in [0.2, 0.25) is 0 Å². The van der Waals surface area contributed by atoms with Gasteiger partial charge in [-0.3, -0.25) is 0 Å². The molecule has 16 aromatic carbocycles. The summed E-state index contributed by atoms with van der Waals surface area (Å²) in [5.41, 5.74) is 31.6. The smallest absolute Gasteiger partial charge is 0.0714 e. The lowest BCUT2D eigenvalue weighted by atomic mass is 9.67. The molecule has 0 saturated heterocycles. The molecular formula is C100H72N2. The normalized spacial score (nSPS) is 14.7. The fourth-order valence-corrected chi connectivity index (χ4v) is 16.9. The number of nitrogens with zero attached hydrogens (tertiary/aromatic N) is 2. The zero-order valence-electron chi connectivity index (χ0n) is 57.1. The molecule has 0 N–H and O–H groups in total. The van der Waals surface area contributed by atoms with Gasteiger partial charge in [-0.25, -0.2) is 0 Å². The SMILES string of the molecule is C=Cc1ccc(C2(c3ccc(C)cc3)c3ccccc3-c3ccc(N(c4ccc(-c5ccccc5)cc4)c4ccc(-c5ccc(N(c6ccc(-c7ccccc7)cc6)c6ccc7c(c6)C(c6ccc(C)cc6)(c6ccc(C=C)cc6)c6ccccc6-7)c6ccccc56)c5ccccc45)cc32)cc1. The molecule has 2 heteroatoms. The second-order valence-electron chi connectivity index (χ2n) is 27.3. The minimum absolute atomic E-state index is 0.630. The van der Waals surface area contributed by atoms with Crippen molar-refractivity contribution in [3.05, 3.63) is 444 Å². The molecular weight excluding hydrogens is 1230 g/mol. The predicted molar refractivity (Wildman–Crippen MR) is 431 cm³/mol. The number of benzene rings is 16. The molecule has 0 saturated carbocycles. The van der Waals surface area contributed by atoms with Crippen LogP contribution < -0.4 is 9.80 Å². The third-order valence-corrected chi connectivity index (χ3v) is 21.7. The lowest BCUT2D eigenvalue weighted by molar-refractivity contribution is 0.768. The van der Waals surface area contributed by atoms with E-state index in [2.05, 4.69) is 401 Å². The van der Waals surface area contributed by atoms with E-state index < -0.39 is 10.8 Å². The maximum absolute atomic E-state index is 4.15. The minimum Gasteiger partial charge on any atom is -0.310 e. The molecule has 18 rings (SSSR count). The summed E-state index contributed by atoms with van der Waals surface area (Å²) in [6.45, 7) is 12.7. The number of rotatable bonds is 15. The molecule has 2 unspecified atom stereocenters. The summed E-state index contributed by atoms with van der Waals surface area (Å²) >= 11 is 0. The Hall–Kier alpha value is -12.9. The summed E-state index contributed by atoms with van der Waals surface area (Å²) < 4.78 is 0. The fraction of sp³-hybridized carbons (Fsp3) is 0.0400. The van der Waals surface area contributed by atoms with E-state index >= 15 is 0 Å². The molecule has 2 aliphatic carbocycles. The van der Waals surface area contributed by atoms with Crippen molar-refractivity contribution < 1.29 is 0 Å². The average Bonchev–Trinajstić information content (AvgIpc) is 1.53. The number of hydrogen-bond acceptors (Lipinski definition) is 2. The summed E-state index contributed by atoms with van der Waals surface area (Å²) in [5.74, 6) is 0. The van der Waals surface area contributed by atoms with Crippen LogP contribution in [0, 0.1) is 13.8 Å². The first kappa shape index (κ1) is 61.5. The van der Waals surface area contributed by atoms with Crippen LogP contribution in [0.25, 0.3) is 89.3 Å². The van der Waals surface area contributed by atoms with E-state index in [0.717, 1.165) is 89.0 Å². The monoisotopic (exact) mass is 1300 g/mol. The topological polar surface area (TPSA) is 6.48 Å². The van der Waals surface area contributed by atoms with Crippen molar-refractivity contribution in [2.24, 2.45) is 0 Å². The summed E-state index contributed by atoms with van der Waals surface area (Å²) in [4.78, 5) is 4.98. The first-order valence-electron chi connectivity index (χ1n) is 35.3. The Balaban J connectivity index is 0.825. The van der Waals surface area contributed by atoms with Crippen molar-refractivity contribution in [2.75, 3.05) is 9.80 Å². The lowest BCUT2D eigenvalue weighted by Gasteiger charge is -2.35. The molecule has 2 atom stereocenters. The van der Waals surface area contributed by atoms with Gasteiger partial charge in [0.25, 0.3) is 0 Å². The highest BCUT2D eigenvalue weighted by atomic mass is 15.2. The molecule has 102 heavy (non-hydrogen) atoms. The van der Waals surface area contributed by atoms with E-state index in [1.807, 2.05) is 12.2 Å². The standard InChI is InChI=1S/C100H72N2/c1-5-69-37-49-77(50-38-69)99(75-45-33-67(3)34-46-75)93-31-19-17-27-87(93)89-59-57-81(65-95(89)99)101(79-53-41-73(42-54-79)71-21-9-7-10-22-71)97-63-61-85(83-25-13-15-29-91(83)97)86-62-64-98(92-30-16-14-26-84(86)92)102(80-55-43-74(44-56-80)72-23-11-8-12-24-72)82-58-60-90-88-28-18-20-32-94(88)100(96(90)66-82,76-47-35-68(4)36-48-76)78-51-39-70(6-2)40-52-78/h5-66H,1-2H2,3-4H3. The Kier molecular flexibility index (Phi) is 15.1. The molecule has 2 aliphatic rings. The molecule has 0 radical (unpaired) electrons. The Morgan fingerprint density at radius 3 is 0.902 bits per heavy atom. The van der Waals surface area contributed by atoms with Crippen molar-refractivity contribution in [2.45, 2.75) is 24.7 Å². The van der Waals surface area contributed by atoms with Crippen molar-refractivity contribution in [1.82, 2.24) is 0 Å². The fourth-order valence-electron chi connectivity index (χ4n) is 16.9. The summed E-state index contributed by atoms with van der Waals surface area (Å²) in [7, 11) is 0. The molecule has 16 aromatic rings. The maximum atomic E-state index is 4.15. The Morgan fingerprint density at radius 1 is 0.235 bits per heavy atom. The molecule has 482 valence electrons. The van der Waals surface area contributed by atoms with Crippen molar-refractivity contribution >= 4 is 67.8 Å². The van der Waals surface area contributed by atoms with Crippen LogP contribution in [0.3, 0.4) is 0 Å². The average molecular weight is 1300 g/mol. The van der Waals surface area contributed by atoms with Crippen LogP contribution in [0.2, 0.25) is 0 Å². The van der Waals surface area contributed by atoms with E-state index in [1.165, 1.54) is 89.0 Å². The van der Waals surface area contributed by atoms with E-state index in [4.69, 9.17) is 0 Å². The largest absolute Gasteiger partial charge is 0.310 e. The second kappa shape index (κ2) is 25.1. The molecule has 2 nitrogen and oxygen atoms in total. The van der Waals surface area contributed by atoms with Gasteiger partial charge in [0.15, 0.2) is 0 Å². The number of anilines is 6. The molecule has 0 heterocycles. The first-order valence-corrected chi connectivity index (χ1v) is 35.3. The van der Waals surface area contributed by atoms with Crippen molar-refractivity contribution in [3.8, 4) is 55.6 Å². The van der Waals surface area contributed by atoms with Crippen LogP contribution in [-0.4, -0.2) is 0 Å². The van der Waals surface area contributed by atoms with Crippen molar-refractivity contribution in [1.29, 1.82) is 0 Å². The van der Waals surface area contributed by atoms with Crippen LogP contribution in [0.1, 0.15) is 66.8 Å². The van der Waals surface area contributed by atoms with E-state index in [0.29, 0.717) is 0 Å². The van der Waals surface area contributed by atoms with Gasteiger partial charge < -0.3 is 9.80 Å².